The average Bonchev–Trinajstić information content (AvgIpc) is 2.77. The standard InChI is InChI=1S/C16H14F2N4/c17-13-6-5-11(9-14(13)18)8-12(10-19)16-21-20-15-4-2-1-3-7-22(15)16/h5-6,8-9H,1-4,7H2/b12-8+. The normalized spacial score (nSPS) is 15.0. The summed E-state index contributed by atoms with van der Waals surface area (Å²) >= 11 is 0. The van der Waals surface area contributed by atoms with E-state index in [1.54, 1.807) is 0 Å². The van der Waals surface area contributed by atoms with Gasteiger partial charge in [-0.25, -0.2) is 8.78 Å². The summed E-state index contributed by atoms with van der Waals surface area (Å²) in [4.78, 5) is 0. The molecular formula is C16H14F2N4. The van der Waals surface area contributed by atoms with Crippen molar-refractivity contribution in [3.05, 3.63) is 47.0 Å². The lowest BCUT2D eigenvalue weighted by Crippen LogP contribution is -2.05. The molecule has 112 valence electrons. The molecule has 1 aliphatic heterocycles. The summed E-state index contributed by atoms with van der Waals surface area (Å²) in [5.41, 5.74) is 0.716. The Morgan fingerprint density at radius 3 is 2.82 bits per heavy atom. The van der Waals surface area contributed by atoms with Crippen LogP contribution in [0, 0.1) is 23.0 Å². The molecule has 1 aliphatic rings. The molecule has 4 nitrogen and oxygen atoms in total. The van der Waals surface area contributed by atoms with Crippen LogP contribution in [-0.4, -0.2) is 14.8 Å². The number of benzene rings is 1. The third-order valence-electron chi connectivity index (χ3n) is 3.73. The number of hydrogen-bond acceptors (Lipinski definition) is 3. The van der Waals surface area contributed by atoms with E-state index in [9.17, 15) is 14.0 Å². The molecule has 0 atom stereocenters. The molecule has 0 amide bonds. The fourth-order valence-electron chi connectivity index (χ4n) is 2.60. The van der Waals surface area contributed by atoms with E-state index in [-0.39, 0.29) is 0 Å². The van der Waals surface area contributed by atoms with Crippen molar-refractivity contribution in [2.24, 2.45) is 0 Å². The van der Waals surface area contributed by atoms with E-state index in [1.165, 1.54) is 12.1 Å². The summed E-state index contributed by atoms with van der Waals surface area (Å²) < 4.78 is 28.2. The molecule has 0 N–H and O–H groups in total. The van der Waals surface area contributed by atoms with E-state index in [4.69, 9.17) is 0 Å². The Labute approximate surface area is 126 Å². The van der Waals surface area contributed by atoms with Gasteiger partial charge in [-0.05, 0) is 36.6 Å². The maximum absolute atomic E-state index is 13.3. The van der Waals surface area contributed by atoms with Crippen LogP contribution in [-0.2, 0) is 13.0 Å². The minimum Gasteiger partial charge on any atom is -0.310 e. The molecule has 1 aromatic heterocycles. The Morgan fingerprint density at radius 2 is 2.05 bits per heavy atom. The smallest absolute Gasteiger partial charge is 0.174 e. The van der Waals surface area contributed by atoms with Gasteiger partial charge in [0.05, 0.1) is 5.57 Å². The number of rotatable bonds is 2. The van der Waals surface area contributed by atoms with Crippen molar-refractivity contribution in [1.29, 1.82) is 5.26 Å². The van der Waals surface area contributed by atoms with E-state index in [1.807, 2.05) is 4.57 Å². The van der Waals surface area contributed by atoms with Crippen molar-refractivity contribution >= 4 is 11.6 Å². The summed E-state index contributed by atoms with van der Waals surface area (Å²) in [5.74, 6) is -0.485. The molecule has 0 fully saturated rings. The van der Waals surface area contributed by atoms with E-state index < -0.39 is 11.6 Å². The van der Waals surface area contributed by atoms with Crippen molar-refractivity contribution in [3.8, 4) is 6.07 Å². The van der Waals surface area contributed by atoms with Gasteiger partial charge in [0.15, 0.2) is 17.5 Å². The molecule has 0 radical (unpaired) electrons. The van der Waals surface area contributed by atoms with Crippen molar-refractivity contribution in [1.82, 2.24) is 14.8 Å². The van der Waals surface area contributed by atoms with E-state index in [0.29, 0.717) is 17.0 Å². The highest BCUT2D eigenvalue weighted by molar-refractivity contribution is 5.87. The first-order valence-electron chi connectivity index (χ1n) is 7.18. The van der Waals surface area contributed by atoms with Crippen molar-refractivity contribution in [2.45, 2.75) is 32.2 Å². The van der Waals surface area contributed by atoms with E-state index in [2.05, 4.69) is 16.3 Å². The van der Waals surface area contributed by atoms with Crippen molar-refractivity contribution < 1.29 is 8.78 Å². The van der Waals surface area contributed by atoms with Gasteiger partial charge in [0.2, 0.25) is 0 Å². The molecule has 3 rings (SSSR count). The molecule has 0 bridgehead atoms. The highest BCUT2D eigenvalue weighted by atomic mass is 19.2. The molecule has 1 aromatic carbocycles. The molecule has 2 heterocycles. The summed E-state index contributed by atoms with van der Waals surface area (Å²) in [6.07, 6.45) is 5.55. The van der Waals surface area contributed by atoms with Gasteiger partial charge in [-0.1, -0.05) is 12.5 Å². The van der Waals surface area contributed by atoms with E-state index in [0.717, 1.165) is 50.2 Å². The van der Waals surface area contributed by atoms with Crippen LogP contribution in [0.4, 0.5) is 8.78 Å². The van der Waals surface area contributed by atoms with Crippen LogP contribution in [0.5, 0.6) is 0 Å². The third kappa shape index (κ3) is 2.75. The van der Waals surface area contributed by atoms with Gasteiger partial charge in [0, 0.05) is 13.0 Å². The monoisotopic (exact) mass is 300 g/mol. The summed E-state index contributed by atoms with van der Waals surface area (Å²) in [5, 5.41) is 17.6. The first kappa shape index (κ1) is 14.4. The Morgan fingerprint density at radius 1 is 1.18 bits per heavy atom. The molecular weight excluding hydrogens is 286 g/mol. The van der Waals surface area contributed by atoms with Crippen LogP contribution in [0.25, 0.3) is 11.6 Å². The van der Waals surface area contributed by atoms with Gasteiger partial charge in [0.25, 0.3) is 0 Å². The van der Waals surface area contributed by atoms with Crippen molar-refractivity contribution in [2.75, 3.05) is 0 Å². The highest BCUT2D eigenvalue weighted by Crippen LogP contribution is 2.21. The number of aromatic nitrogens is 3. The number of allylic oxidation sites excluding steroid dienone is 1. The second-order valence-electron chi connectivity index (χ2n) is 5.25. The van der Waals surface area contributed by atoms with Crippen LogP contribution in [0.15, 0.2) is 18.2 Å². The molecule has 0 aliphatic carbocycles. The number of fused-ring (bicyclic) bond motifs is 1. The van der Waals surface area contributed by atoms with Crippen LogP contribution in [0.3, 0.4) is 0 Å². The Bertz CT molecular complexity index is 771. The number of halogens is 2. The second-order valence-corrected chi connectivity index (χ2v) is 5.25. The van der Waals surface area contributed by atoms with Gasteiger partial charge < -0.3 is 4.57 Å². The van der Waals surface area contributed by atoms with Gasteiger partial charge in [-0.15, -0.1) is 10.2 Å². The van der Waals surface area contributed by atoms with Gasteiger partial charge >= 0.3 is 0 Å². The van der Waals surface area contributed by atoms with Crippen LogP contribution in [0.1, 0.15) is 36.5 Å². The zero-order valence-corrected chi connectivity index (χ0v) is 11.9. The van der Waals surface area contributed by atoms with Gasteiger partial charge in [-0.2, -0.15) is 5.26 Å². The molecule has 22 heavy (non-hydrogen) atoms. The van der Waals surface area contributed by atoms with Crippen molar-refractivity contribution in [3.63, 3.8) is 0 Å². The summed E-state index contributed by atoms with van der Waals surface area (Å²) in [7, 11) is 0. The predicted molar refractivity (Wildman–Crippen MR) is 77.4 cm³/mol. The lowest BCUT2D eigenvalue weighted by atomic mass is 10.1. The predicted octanol–water partition coefficient (Wildman–Crippen LogP) is 3.35. The average molecular weight is 300 g/mol. The van der Waals surface area contributed by atoms with E-state index >= 15 is 0 Å². The van der Waals surface area contributed by atoms with Crippen LogP contribution < -0.4 is 0 Å². The minimum absolute atomic E-state index is 0.298. The van der Waals surface area contributed by atoms with Gasteiger partial charge in [0.1, 0.15) is 11.9 Å². The zero-order valence-electron chi connectivity index (χ0n) is 11.9. The number of aryl methyl sites for hydroxylation is 1. The zero-order chi connectivity index (χ0) is 15.5. The maximum atomic E-state index is 13.3. The first-order chi connectivity index (χ1) is 10.7. The SMILES string of the molecule is N#C/C(=C\c1ccc(F)c(F)c1)c1nnc2n1CCCCC2. The topological polar surface area (TPSA) is 54.5 Å². The molecule has 2 aromatic rings. The fraction of sp³-hybridized carbons (Fsp3) is 0.312. The summed E-state index contributed by atoms with van der Waals surface area (Å²) in [6.45, 7) is 0.772. The largest absolute Gasteiger partial charge is 0.310 e. The molecule has 0 spiro atoms. The number of nitrogens with zero attached hydrogens (tertiary/aromatic N) is 4. The summed E-state index contributed by atoms with van der Waals surface area (Å²) in [6, 6.07) is 5.61. The van der Waals surface area contributed by atoms with Crippen LogP contribution >= 0.6 is 0 Å². The molecule has 6 heteroatoms. The lowest BCUT2D eigenvalue weighted by molar-refractivity contribution is 0.508. The Kier molecular flexibility index (Phi) is 3.96. The Balaban J connectivity index is 2.01. The highest BCUT2D eigenvalue weighted by Gasteiger charge is 2.17. The van der Waals surface area contributed by atoms with Crippen LogP contribution in [0.2, 0.25) is 0 Å². The Hall–Kier alpha value is -2.55. The quantitative estimate of drug-likeness (QED) is 0.799. The number of nitriles is 1. The molecule has 0 unspecified atom stereocenters. The number of hydrogen-bond donors (Lipinski definition) is 0. The lowest BCUT2D eigenvalue weighted by Gasteiger charge is -2.06. The fourth-order valence-corrected chi connectivity index (χ4v) is 2.60. The minimum atomic E-state index is -0.939. The van der Waals surface area contributed by atoms with Gasteiger partial charge in [-0.3, -0.25) is 0 Å². The molecule has 0 saturated carbocycles. The second kappa shape index (κ2) is 6.06. The molecule has 0 saturated heterocycles. The third-order valence-corrected chi connectivity index (χ3v) is 3.73. The first-order valence-corrected chi connectivity index (χ1v) is 7.18. The maximum Gasteiger partial charge on any atom is 0.174 e.